The van der Waals surface area contributed by atoms with Crippen LogP contribution < -0.4 is 9.47 Å². The summed E-state index contributed by atoms with van der Waals surface area (Å²) in [6, 6.07) is 4.09. The predicted octanol–water partition coefficient (Wildman–Crippen LogP) is 1.22. The van der Waals surface area contributed by atoms with Gasteiger partial charge in [0.1, 0.15) is 18.8 Å². The second-order valence-electron chi connectivity index (χ2n) is 9.63. The van der Waals surface area contributed by atoms with E-state index in [-0.39, 0.29) is 28.1 Å². The van der Waals surface area contributed by atoms with E-state index < -0.39 is 6.10 Å². The number of quaternary nitrogens is 1. The lowest BCUT2D eigenvalue weighted by molar-refractivity contribution is -0.898. The van der Waals surface area contributed by atoms with Crippen LogP contribution in [0.15, 0.2) is 24.3 Å². The molecule has 1 aromatic carbocycles. The summed E-state index contributed by atoms with van der Waals surface area (Å²) in [5.74, 6) is 1.66. The fraction of sp³-hybridized carbons (Fsp3) is 0.652. The molecular weight excluding hydrogens is 384 g/mol. The van der Waals surface area contributed by atoms with E-state index in [9.17, 15) is 10.3 Å². The topological polar surface area (TPSA) is 74.2 Å². The number of hydroxylamine groups is 3. The summed E-state index contributed by atoms with van der Waals surface area (Å²) < 4.78 is 17.9. The summed E-state index contributed by atoms with van der Waals surface area (Å²) in [5.41, 5.74) is 2.07. The molecule has 6 rings (SSSR count). The molecule has 6 atom stereocenters. The molecule has 2 fully saturated rings. The van der Waals surface area contributed by atoms with Crippen molar-refractivity contribution < 1.29 is 24.0 Å². The van der Waals surface area contributed by atoms with Crippen molar-refractivity contribution >= 4 is 0 Å². The first-order valence-electron chi connectivity index (χ1n) is 11.2. The normalized spacial score (nSPS) is 41.3. The minimum Gasteiger partial charge on any atom is -0.633 e. The molecule has 7 heteroatoms. The largest absolute Gasteiger partial charge is 0.633 e. The number of ether oxygens (including phenoxy) is 3. The molecule has 1 aromatic rings. The molecule has 0 saturated carbocycles. The highest BCUT2D eigenvalue weighted by Gasteiger charge is 2.66. The average molecular weight is 415 g/mol. The molecule has 3 heterocycles. The van der Waals surface area contributed by atoms with Gasteiger partial charge in [0.2, 0.25) is 0 Å². The molecule has 3 aliphatic heterocycles. The van der Waals surface area contributed by atoms with Crippen molar-refractivity contribution in [3.8, 4) is 11.5 Å². The Morgan fingerprint density at radius 2 is 2.13 bits per heavy atom. The van der Waals surface area contributed by atoms with E-state index in [4.69, 9.17) is 14.2 Å². The lowest BCUT2D eigenvalue weighted by atomic mass is 9.53. The Morgan fingerprint density at radius 1 is 1.30 bits per heavy atom. The molecule has 30 heavy (non-hydrogen) atoms. The quantitative estimate of drug-likeness (QED) is 0.454. The number of hydrogen-bond donors (Lipinski definition) is 1. The van der Waals surface area contributed by atoms with Crippen molar-refractivity contribution in [3.63, 3.8) is 0 Å². The SMILES string of the molecule is C[N+]1([O-])CCC23c4c5ccc(OCCN6CCOCC6)c4OC2C(O)C=CC3C1C5. The van der Waals surface area contributed by atoms with Gasteiger partial charge in [-0.2, -0.15) is 0 Å². The minimum atomic E-state index is -0.662. The van der Waals surface area contributed by atoms with E-state index in [0.29, 0.717) is 13.2 Å². The number of morpholine rings is 1. The third-order valence-electron chi connectivity index (χ3n) is 8.13. The highest BCUT2D eigenvalue weighted by atomic mass is 16.6. The van der Waals surface area contributed by atoms with Gasteiger partial charge in [0, 0.05) is 44.0 Å². The first-order valence-corrected chi connectivity index (χ1v) is 11.2. The highest BCUT2D eigenvalue weighted by Crippen LogP contribution is 2.63. The van der Waals surface area contributed by atoms with E-state index in [1.807, 2.05) is 12.1 Å². The Morgan fingerprint density at radius 3 is 2.97 bits per heavy atom. The molecule has 2 bridgehead atoms. The number of hydrogen-bond acceptors (Lipinski definition) is 6. The molecule has 2 aliphatic carbocycles. The second-order valence-corrected chi connectivity index (χ2v) is 9.63. The van der Waals surface area contributed by atoms with Gasteiger partial charge >= 0.3 is 0 Å². The van der Waals surface area contributed by atoms with Crippen LogP contribution in [0.3, 0.4) is 0 Å². The molecule has 6 unspecified atom stereocenters. The smallest absolute Gasteiger partial charge is 0.166 e. The summed E-state index contributed by atoms with van der Waals surface area (Å²) >= 11 is 0. The van der Waals surface area contributed by atoms with Crippen molar-refractivity contribution in [1.82, 2.24) is 4.90 Å². The first kappa shape index (κ1) is 19.1. The standard InChI is InChI=1S/C23H30N2O5/c1-25(27)10-6-23-16-3-4-18(26)22(23)30-21-19(5-2-15(20(21)23)14-17(16)25)29-13-9-24-7-11-28-12-8-24/h2-5,16-18,22,26H,6-14H2,1H3. The second kappa shape index (κ2) is 6.68. The molecular formula is C23H30N2O5. The molecule has 0 radical (unpaired) electrons. The average Bonchev–Trinajstić information content (AvgIpc) is 3.10. The number of rotatable bonds is 4. The van der Waals surface area contributed by atoms with Crippen LogP contribution in [0, 0.1) is 11.1 Å². The van der Waals surface area contributed by atoms with Gasteiger partial charge in [0.15, 0.2) is 11.5 Å². The van der Waals surface area contributed by atoms with E-state index in [2.05, 4.69) is 17.0 Å². The third kappa shape index (κ3) is 2.56. The van der Waals surface area contributed by atoms with Crippen LogP contribution in [-0.4, -0.2) is 85.9 Å². The summed E-state index contributed by atoms with van der Waals surface area (Å²) in [7, 11) is 1.80. The van der Waals surface area contributed by atoms with Crippen molar-refractivity contribution in [2.24, 2.45) is 5.92 Å². The minimum absolute atomic E-state index is 0.0276. The fourth-order valence-electron chi connectivity index (χ4n) is 6.60. The maximum atomic E-state index is 13.3. The maximum absolute atomic E-state index is 13.3. The van der Waals surface area contributed by atoms with Crippen LogP contribution in [0.5, 0.6) is 11.5 Å². The number of aliphatic hydroxyl groups is 1. The molecule has 0 amide bonds. The Kier molecular flexibility index (Phi) is 4.25. The van der Waals surface area contributed by atoms with Crippen LogP contribution in [0.4, 0.5) is 0 Å². The van der Waals surface area contributed by atoms with E-state index in [1.54, 1.807) is 7.05 Å². The van der Waals surface area contributed by atoms with Crippen molar-refractivity contribution in [2.45, 2.75) is 36.5 Å². The first-order chi connectivity index (χ1) is 14.5. The summed E-state index contributed by atoms with van der Waals surface area (Å²) in [6.45, 7) is 5.45. The number of piperidine rings is 1. The third-order valence-corrected chi connectivity index (χ3v) is 8.13. The van der Waals surface area contributed by atoms with Gasteiger partial charge in [-0.3, -0.25) is 4.90 Å². The summed E-state index contributed by atoms with van der Waals surface area (Å²) in [6.07, 6.45) is 4.41. The van der Waals surface area contributed by atoms with Crippen molar-refractivity contribution in [1.29, 1.82) is 0 Å². The Balaban J connectivity index is 1.34. The summed E-state index contributed by atoms with van der Waals surface area (Å²) in [4.78, 5) is 2.35. The fourth-order valence-corrected chi connectivity index (χ4v) is 6.60. The zero-order chi connectivity index (χ0) is 20.5. The number of benzene rings is 1. The highest BCUT2D eigenvalue weighted by molar-refractivity contribution is 5.61. The van der Waals surface area contributed by atoms with Gasteiger partial charge in [-0.25, -0.2) is 0 Å². The Hall–Kier alpha value is -1.64. The summed E-state index contributed by atoms with van der Waals surface area (Å²) in [5, 5.41) is 24.1. The van der Waals surface area contributed by atoms with Gasteiger partial charge in [0.25, 0.3) is 0 Å². The number of likely N-dealkylation sites (N-methyl/N-ethyl adjacent to an activating group) is 1. The Bertz CT molecular complexity index is 881. The zero-order valence-electron chi connectivity index (χ0n) is 17.5. The van der Waals surface area contributed by atoms with Crippen LogP contribution in [0.2, 0.25) is 0 Å². The molecule has 162 valence electrons. The van der Waals surface area contributed by atoms with Crippen LogP contribution in [-0.2, 0) is 16.6 Å². The number of likely N-dealkylation sites (tertiary alicyclic amines) is 1. The molecule has 5 aliphatic rings. The number of aliphatic hydroxyl groups excluding tert-OH is 1. The maximum Gasteiger partial charge on any atom is 0.166 e. The van der Waals surface area contributed by atoms with Gasteiger partial charge in [-0.15, -0.1) is 0 Å². The van der Waals surface area contributed by atoms with Crippen LogP contribution in [0.25, 0.3) is 0 Å². The van der Waals surface area contributed by atoms with E-state index >= 15 is 0 Å². The van der Waals surface area contributed by atoms with Gasteiger partial charge in [0.05, 0.1) is 38.3 Å². The van der Waals surface area contributed by atoms with Crippen LogP contribution >= 0.6 is 0 Å². The predicted molar refractivity (Wildman–Crippen MR) is 110 cm³/mol. The van der Waals surface area contributed by atoms with E-state index in [0.717, 1.165) is 57.2 Å². The zero-order valence-corrected chi connectivity index (χ0v) is 17.5. The van der Waals surface area contributed by atoms with Crippen LogP contribution in [0.1, 0.15) is 17.5 Å². The van der Waals surface area contributed by atoms with E-state index in [1.165, 1.54) is 11.1 Å². The molecule has 7 nitrogen and oxygen atoms in total. The molecule has 0 aromatic heterocycles. The lowest BCUT2D eigenvalue weighted by Gasteiger charge is -2.61. The lowest BCUT2D eigenvalue weighted by Crippen LogP contribution is -2.69. The van der Waals surface area contributed by atoms with Gasteiger partial charge < -0.3 is 29.2 Å². The monoisotopic (exact) mass is 414 g/mol. The number of nitrogens with zero attached hydrogens (tertiary/aromatic N) is 2. The van der Waals surface area contributed by atoms with Crippen molar-refractivity contribution in [3.05, 3.63) is 40.6 Å². The Labute approximate surface area is 177 Å². The molecule has 1 N–H and O–H groups in total. The van der Waals surface area contributed by atoms with Crippen molar-refractivity contribution in [2.75, 3.05) is 53.0 Å². The molecule has 2 saturated heterocycles. The molecule has 1 spiro atoms. The van der Waals surface area contributed by atoms with Gasteiger partial charge in [-0.05, 0) is 11.6 Å². The van der Waals surface area contributed by atoms with Gasteiger partial charge in [-0.1, -0.05) is 18.2 Å².